The Balaban J connectivity index is 3.10. The molecule has 0 rings (SSSR count). The van der Waals surface area contributed by atoms with Crippen molar-refractivity contribution in [3.05, 3.63) is 0 Å². The topological polar surface area (TPSA) is 29.4 Å². The summed E-state index contributed by atoms with van der Waals surface area (Å²) in [6.45, 7) is 5.06. The van der Waals surface area contributed by atoms with Gasteiger partial charge in [-0.25, -0.2) is 9.79 Å². The van der Waals surface area contributed by atoms with E-state index < -0.39 is 0 Å². The highest BCUT2D eigenvalue weighted by atomic mass is 32.2. The summed E-state index contributed by atoms with van der Waals surface area (Å²) in [5.74, 6) is 2.35. The predicted molar refractivity (Wildman–Crippen MR) is 62.3 cm³/mol. The van der Waals surface area contributed by atoms with E-state index in [1.165, 1.54) is 11.5 Å². The van der Waals surface area contributed by atoms with Crippen LogP contribution in [0.5, 0.6) is 0 Å². The molecule has 0 aromatic heterocycles. The molecule has 2 nitrogen and oxygen atoms in total. The lowest BCUT2D eigenvalue weighted by atomic mass is 10.3. The monoisotopic (exact) mass is 219 g/mol. The van der Waals surface area contributed by atoms with Gasteiger partial charge in [0.25, 0.3) is 0 Å². The van der Waals surface area contributed by atoms with Crippen LogP contribution in [0.1, 0.15) is 26.7 Å². The fourth-order valence-corrected chi connectivity index (χ4v) is 3.12. The number of hydrogen-bond acceptors (Lipinski definition) is 4. The van der Waals surface area contributed by atoms with Gasteiger partial charge in [-0.05, 0) is 31.3 Å². The lowest BCUT2D eigenvalue weighted by Crippen LogP contribution is -1.93. The molecule has 0 N–H and O–H groups in total. The molecule has 0 fully saturated rings. The maximum Gasteiger partial charge on any atom is 0.234 e. The van der Waals surface area contributed by atoms with Crippen LogP contribution >= 0.6 is 23.5 Å². The highest BCUT2D eigenvalue weighted by Crippen LogP contribution is 2.23. The van der Waals surface area contributed by atoms with Crippen molar-refractivity contribution in [3.8, 4) is 0 Å². The van der Waals surface area contributed by atoms with Crippen LogP contribution in [0, 0.1) is 0 Å². The molecule has 0 amide bonds. The molecule has 1 atom stereocenters. The van der Waals surface area contributed by atoms with Crippen LogP contribution in [0.15, 0.2) is 4.99 Å². The summed E-state index contributed by atoms with van der Waals surface area (Å²) < 4.78 is 0.694. The summed E-state index contributed by atoms with van der Waals surface area (Å²) in [4.78, 5) is 13.2. The van der Waals surface area contributed by atoms with E-state index in [4.69, 9.17) is 0 Å². The zero-order valence-electron chi connectivity index (χ0n) is 8.28. The Morgan fingerprint density at radius 1 is 1.38 bits per heavy atom. The second kappa shape index (κ2) is 10.2. The number of isocyanates is 1. The molecule has 13 heavy (non-hydrogen) atoms. The third kappa shape index (κ3) is 10.00. The van der Waals surface area contributed by atoms with Gasteiger partial charge in [-0.1, -0.05) is 6.92 Å². The molecular weight excluding hydrogens is 202 g/mol. The Morgan fingerprint density at radius 3 is 2.77 bits per heavy atom. The van der Waals surface area contributed by atoms with Crippen LogP contribution in [-0.2, 0) is 4.79 Å². The first-order valence-corrected chi connectivity index (χ1v) is 6.67. The van der Waals surface area contributed by atoms with E-state index >= 15 is 0 Å². The van der Waals surface area contributed by atoms with Crippen LogP contribution in [0.2, 0.25) is 0 Å². The van der Waals surface area contributed by atoms with Gasteiger partial charge in [-0.15, -0.1) is 23.5 Å². The largest absolute Gasteiger partial charge is 0.234 e. The minimum Gasteiger partial charge on any atom is -0.211 e. The molecule has 0 heterocycles. The van der Waals surface area contributed by atoms with Crippen LogP contribution in [0.25, 0.3) is 0 Å². The van der Waals surface area contributed by atoms with E-state index in [0.29, 0.717) is 11.1 Å². The summed E-state index contributed by atoms with van der Waals surface area (Å²) in [5, 5.41) is 0. The predicted octanol–water partition coefficient (Wildman–Crippen LogP) is 2.93. The number of nitrogens with zero attached hydrogens (tertiary/aromatic N) is 1. The van der Waals surface area contributed by atoms with Gasteiger partial charge in [-0.3, -0.25) is 0 Å². The Hall–Kier alpha value is 0.0800. The second-order valence-corrected chi connectivity index (χ2v) is 5.94. The molecule has 0 aromatic carbocycles. The molecule has 0 bridgehead atoms. The Bertz CT molecular complexity index is 158. The van der Waals surface area contributed by atoms with E-state index in [9.17, 15) is 4.79 Å². The zero-order chi connectivity index (χ0) is 9.94. The smallest absolute Gasteiger partial charge is 0.211 e. The Kier molecular flexibility index (Phi) is 10.2. The average molecular weight is 219 g/mol. The van der Waals surface area contributed by atoms with Crippen molar-refractivity contribution in [1.29, 1.82) is 0 Å². The number of thioether (sulfide) groups is 2. The number of carbonyl (C=O) groups excluding carboxylic acids is 1. The van der Waals surface area contributed by atoms with Crippen LogP contribution in [0.3, 0.4) is 0 Å². The van der Waals surface area contributed by atoms with Crippen molar-refractivity contribution in [2.24, 2.45) is 4.99 Å². The average Bonchev–Trinajstić information content (AvgIpc) is 2.11. The van der Waals surface area contributed by atoms with Gasteiger partial charge in [-0.2, -0.15) is 0 Å². The van der Waals surface area contributed by atoms with Crippen LogP contribution in [-0.4, -0.2) is 28.7 Å². The van der Waals surface area contributed by atoms with Gasteiger partial charge in [0.1, 0.15) is 0 Å². The molecule has 0 saturated heterocycles. The van der Waals surface area contributed by atoms with Crippen molar-refractivity contribution in [2.75, 3.05) is 18.1 Å². The van der Waals surface area contributed by atoms with Gasteiger partial charge in [0, 0.05) is 4.58 Å². The van der Waals surface area contributed by atoms with Crippen molar-refractivity contribution in [3.63, 3.8) is 0 Å². The quantitative estimate of drug-likeness (QED) is 0.272. The summed E-state index contributed by atoms with van der Waals surface area (Å²) in [6.07, 6.45) is 3.70. The Labute approximate surface area is 89.0 Å². The van der Waals surface area contributed by atoms with Crippen molar-refractivity contribution in [2.45, 2.75) is 31.3 Å². The van der Waals surface area contributed by atoms with Gasteiger partial charge in [0.05, 0.1) is 6.54 Å². The molecule has 0 aliphatic carbocycles. The first-order chi connectivity index (χ1) is 6.31. The molecule has 4 heteroatoms. The van der Waals surface area contributed by atoms with Crippen LogP contribution < -0.4 is 0 Å². The second-order valence-electron chi connectivity index (χ2n) is 2.57. The minimum absolute atomic E-state index is 0.638. The fourth-order valence-electron chi connectivity index (χ4n) is 0.871. The highest BCUT2D eigenvalue weighted by molar-refractivity contribution is 8.16. The number of rotatable bonds is 8. The zero-order valence-corrected chi connectivity index (χ0v) is 9.92. The first kappa shape index (κ1) is 13.1. The van der Waals surface area contributed by atoms with E-state index in [-0.39, 0.29) is 0 Å². The maximum atomic E-state index is 9.73. The molecule has 0 radical (unpaired) electrons. The molecular formula is C9H17NOS2. The number of unbranched alkanes of at least 4 members (excludes halogenated alkanes) is 1. The molecule has 0 spiro atoms. The summed E-state index contributed by atoms with van der Waals surface area (Å²) in [5.41, 5.74) is 0. The number of aliphatic imine (C=N–C) groups is 1. The first-order valence-electron chi connectivity index (χ1n) is 4.58. The van der Waals surface area contributed by atoms with E-state index in [1.807, 2.05) is 23.5 Å². The molecule has 0 aliphatic rings. The maximum absolute atomic E-state index is 9.73. The van der Waals surface area contributed by atoms with E-state index in [0.717, 1.165) is 12.8 Å². The van der Waals surface area contributed by atoms with Crippen molar-refractivity contribution >= 4 is 29.6 Å². The highest BCUT2D eigenvalue weighted by Gasteiger charge is 1.99. The molecule has 0 saturated carbocycles. The number of hydrogen-bond donors (Lipinski definition) is 0. The van der Waals surface area contributed by atoms with Crippen molar-refractivity contribution < 1.29 is 4.79 Å². The SMILES string of the molecule is CCSC(C)SCCCCN=C=O. The third-order valence-electron chi connectivity index (χ3n) is 1.48. The molecule has 1 unspecified atom stereocenters. The van der Waals surface area contributed by atoms with Gasteiger partial charge in [0.2, 0.25) is 6.08 Å². The normalized spacial score (nSPS) is 12.2. The van der Waals surface area contributed by atoms with Gasteiger partial charge >= 0.3 is 0 Å². The van der Waals surface area contributed by atoms with E-state index in [2.05, 4.69) is 18.8 Å². The van der Waals surface area contributed by atoms with Crippen LogP contribution in [0.4, 0.5) is 0 Å². The standard InChI is InChI=1S/C9H17NOS2/c1-3-12-9(2)13-7-5-4-6-10-8-11/h9H,3-7H2,1-2H3. The summed E-state index contributed by atoms with van der Waals surface area (Å²) in [6, 6.07) is 0. The summed E-state index contributed by atoms with van der Waals surface area (Å²) >= 11 is 3.96. The van der Waals surface area contributed by atoms with Crippen molar-refractivity contribution in [1.82, 2.24) is 0 Å². The van der Waals surface area contributed by atoms with Gasteiger partial charge in [0.15, 0.2) is 0 Å². The molecule has 0 aromatic rings. The lowest BCUT2D eigenvalue weighted by Gasteiger charge is -2.08. The third-order valence-corrected chi connectivity index (χ3v) is 4.10. The molecule has 0 aliphatic heterocycles. The fraction of sp³-hybridized carbons (Fsp3) is 0.889. The van der Waals surface area contributed by atoms with E-state index in [1.54, 1.807) is 6.08 Å². The Morgan fingerprint density at radius 2 is 2.15 bits per heavy atom. The van der Waals surface area contributed by atoms with Gasteiger partial charge < -0.3 is 0 Å². The molecule has 76 valence electrons. The summed E-state index contributed by atoms with van der Waals surface area (Å²) in [7, 11) is 0. The minimum atomic E-state index is 0.638. The lowest BCUT2D eigenvalue weighted by molar-refractivity contribution is 0.562.